The Labute approximate surface area is 74.0 Å². The van der Waals surface area contributed by atoms with Crippen LogP contribution in [-0.4, -0.2) is 37.6 Å². The predicted octanol–water partition coefficient (Wildman–Crippen LogP) is 0.976. The zero-order valence-corrected chi connectivity index (χ0v) is 7.66. The fourth-order valence-corrected chi connectivity index (χ4v) is 0.622. The summed E-state index contributed by atoms with van der Waals surface area (Å²) in [5, 5.41) is 9.08. The number of rotatable bonds is 8. The minimum atomic E-state index is -0.343. The highest BCUT2D eigenvalue weighted by atomic mass is 16.5. The van der Waals surface area contributed by atoms with E-state index in [9.17, 15) is 0 Å². The molecular formula is C9H18O3. The molecule has 1 unspecified atom stereocenters. The van der Waals surface area contributed by atoms with Gasteiger partial charge in [-0.2, -0.15) is 0 Å². The molecule has 0 aromatic heterocycles. The van der Waals surface area contributed by atoms with Crippen molar-refractivity contribution in [3.63, 3.8) is 0 Å². The standard InChI is InChI=1S/C9H18O3/c1-3-5-11-6-7-12-8-9(10)4-2/h3,9-10H,1,4-8H2,2H3. The van der Waals surface area contributed by atoms with Gasteiger partial charge in [0.25, 0.3) is 0 Å². The van der Waals surface area contributed by atoms with Gasteiger partial charge in [-0.1, -0.05) is 13.0 Å². The molecule has 1 N–H and O–H groups in total. The minimum absolute atomic E-state index is 0.343. The first-order valence-corrected chi connectivity index (χ1v) is 4.25. The fraction of sp³-hybridized carbons (Fsp3) is 0.778. The van der Waals surface area contributed by atoms with Crippen molar-refractivity contribution in [1.29, 1.82) is 0 Å². The first kappa shape index (κ1) is 11.6. The summed E-state index contributed by atoms with van der Waals surface area (Å²) in [6, 6.07) is 0. The van der Waals surface area contributed by atoms with E-state index in [2.05, 4.69) is 6.58 Å². The molecule has 0 heterocycles. The van der Waals surface area contributed by atoms with Gasteiger partial charge < -0.3 is 14.6 Å². The smallest absolute Gasteiger partial charge is 0.0771 e. The molecular weight excluding hydrogens is 156 g/mol. The van der Waals surface area contributed by atoms with Gasteiger partial charge in [-0.25, -0.2) is 0 Å². The van der Waals surface area contributed by atoms with E-state index in [1.165, 1.54) is 0 Å². The molecule has 0 spiro atoms. The Hall–Kier alpha value is -0.380. The average molecular weight is 174 g/mol. The van der Waals surface area contributed by atoms with Gasteiger partial charge >= 0.3 is 0 Å². The number of hydrogen-bond donors (Lipinski definition) is 1. The third kappa shape index (κ3) is 7.72. The van der Waals surface area contributed by atoms with Gasteiger partial charge in [-0.15, -0.1) is 6.58 Å². The summed E-state index contributed by atoms with van der Waals surface area (Å²) in [5.41, 5.74) is 0. The van der Waals surface area contributed by atoms with E-state index in [1.54, 1.807) is 6.08 Å². The second-order valence-electron chi connectivity index (χ2n) is 2.50. The zero-order valence-electron chi connectivity index (χ0n) is 7.66. The molecule has 0 aromatic rings. The molecule has 0 aliphatic rings. The van der Waals surface area contributed by atoms with Gasteiger partial charge in [0.2, 0.25) is 0 Å². The molecule has 12 heavy (non-hydrogen) atoms. The summed E-state index contributed by atoms with van der Waals surface area (Å²) in [4.78, 5) is 0. The lowest BCUT2D eigenvalue weighted by Crippen LogP contribution is -2.16. The molecule has 0 fully saturated rings. The van der Waals surface area contributed by atoms with Crippen LogP contribution in [0, 0.1) is 0 Å². The highest BCUT2D eigenvalue weighted by molar-refractivity contribution is 4.63. The predicted molar refractivity (Wildman–Crippen MR) is 48.1 cm³/mol. The first-order chi connectivity index (χ1) is 5.81. The quantitative estimate of drug-likeness (QED) is 0.440. The average Bonchev–Trinajstić information content (AvgIpc) is 2.10. The summed E-state index contributed by atoms with van der Waals surface area (Å²) in [6.45, 7) is 7.48. The van der Waals surface area contributed by atoms with Crippen molar-refractivity contribution >= 4 is 0 Å². The van der Waals surface area contributed by atoms with Gasteiger partial charge in [0.1, 0.15) is 0 Å². The van der Waals surface area contributed by atoms with Crippen LogP contribution in [0.15, 0.2) is 12.7 Å². The van der Waals surface area contributed by atoms with Crippen LogP contribution in [0.4, 0.5) is 0 Å². The molecule has 0 aromatic carbocycles. The summed E-state index contributed by atoms with van der Waals surface area (Å²) in [7, 11) is 0. The van der Waals surface area contributed by atoms with Gasteiger partial charge in [0.05, 0.1) is 32.5 Å². The molecule has 0 saturated carbocycles. The topological polar surface area (TPSA) is 38.7 Å². The lowest BCUT2D eigenvalue weighted by atomic mass is 10.3. The second kappa shape index (κ2) is 8.71. The number of aliphatic hydroxyl groups excluding tert-OH is 1. The van der Waals surface area contributed by atoms with Crippen molar-refractivity contribution in [3.05, 3.63) is 12.7 Å². The van der Waals surface area contributed by atoms with Gasteiger partial charge in [-0.3, -0.25) is 0 Å². The van der Waals surface area contributed by atoms with Gasteiger partial charge in [0.15, 0.2) is 0 Å². The van der Waals surface area contributed by atoms with E-state index in [0.29, 0.717) is 26.4 Å². The number of hydrogen-bond acceptors (Lipinski definition) is 3. The van der Waals surface area contributed by atoms with Gasteiger partial charge in [-0.05, 0) is 6.42 Å². The Bertz CT molecular complexity index is 104. The van der Waals surface area contributed by atoms with Crippen LogP contribution in [0.3, 0.4) is 0 Å². The largest absolute Gasteiger partial charge is 0.391 e. The van der Waals surface area contributed by atoms with E-state index in [4.69, 9.17) is 14.6 Å². The van der Waals surface area contributed by atoms with Gasteiger partial charge in [0, 0.05) is 0 Å². The van der Waals surface area contributed by atoms with Crippen molar-refractivity contribution in [1.82, 2.24) is 0 Å². The Balaban J connectivity index is 2.95. The van der Waals surface area contributed by atoms with E-state index < -0.39 is 0 Å². The molecule has 0 bridgehead atoms. The fourth-order valence-electron chi connectivity index (χ4n) is 0.622. The maximum atomic E-state index is 9.08. The Morgan fingerprint density at radius 3 is 2.67 bits per heavy atom. The normalized spacial score (nSPS) is 12.8. The molecule has 0 saturated heterocycles. The molecule has 3 nitrogen and oxygen atoms in total. The number of aliphatic hydroxyl groups is 1. The first-order valence-electron chi connectivity index (χ1n) is 4.25. The summed E-state index contributed by atoms with van der Waals surface area (Å²) < 4.78 is 10.2. The summed E-state index contributed by atoms with van der Waals surface area (Å²) in [5.74, 6) is 0. The third-order valence-electron chi connectivity index (χ3n) is 1.39. The molecule has 0 aliphatic heterocycles. The van der Waals surface area contributed by atoms with E-state index in [1.807, 2.05) is 6.92 Å². The van der Waals surface area contributed by atoms with Crippen molar-refractivity contribution < 1.29 is 14.6 Å². The van der Waals surface area contributed by atoms with Crippen molar-refractivity contribution in [3.8, 4) is 0 Å². The maximum Gasteiger partial charge on any atom is 0.0771 e. The summed E-state index contributed by atoms with van der Waals surface area (Å²) in [6.07, 6.45) is 2.08. The molecule has 1 atom stereocenters. The van der Waals surface area contributed by atoms with Crippen LogP contribution >= 0.6 is 0 Å². The van der Waals surface area contributed by atoms with Crippen LogP contribution in [0.1, 0.15) is 13.3 Å². The van der Waals surface area contributed by atoms with Crippen LogP contribution in [0.2, 0.25) is 0 Å². The Kier molecular flexibility index (Phi) is 8.44. The van der Waals surface area contributed by atoms with E-state index in [0.717, 1.165) is 6.42 Å². The Morgan fingerprint density at radius 2 is 2.08 bits per heavy atom. The third-order valence-corrected chi connectivity index (χ3v) is 1.39. The molecule has 0 amide bonds. The van der Waals surface area contributed by atoms with Crippen molar-refractivity contribution in [2.45, 2.75) is 19.4 Å². The lowest BCUT2D eigenvalue weighted by molar-refractivity contribution is 0.00739. The zero-order chi connectivity index (χ0) is 9.23. The molecule has 0 aliphatic carbocycles. The van der Waals surface area contributed by atoms with Crippen molar-refractivity contribution in [2.75, 3.05) is 26.4 Å². The maximum absolute atomic E-state index is 9.08. The highest BCUT2D eigenvalue weighted by Gasteiger charge is 1.98. The van der Waals surface area contributed by atoms with E-state index >= 15 is 0 Å². The summed E-state index contributed by atoms with van der Waals surface area (Å²) >= 11 is 0. The van der Waals surface area contributed by atoms with Crippen LogP contribution < -0.4 is 0 Å². The molecule has 72 valence electrons. The lowest BCUT2D eigenvalue weighted by Gasteiger charge is -2.08. The monoisotopic (exact) mass is 174 g/mol. The minimum Gasteiger partial charge on any atom is -0.391 e. The van der Waals surface area contributed by atoms with Crippen molar-refractivity contribution in [2.24, 2.45) is 0 Å². The molecule has 0 radical (unpaired) electrons. The van der Waals surface area contributed by atoms with Crippen LogP contribution in [-0.2, 0) is 9.47 Å². The Morgan fingerprint density at radius 1 is 1.42 bits per heavy atom. The van der Waals surface area contributed by atoms with E-state index in [-0.39, 0.29) is 6.10 Å². The second-order valence-corrected chi connectivity index (χ2v) is 2.50. The highest BCUT2D eigenvalue weighted by Crippen LogP contribution is 1.90. The number of ether oxygens (including phenoxy) is 2. The van der Waals surface area contributed by atoms with Crippen LogP contribution in [0.5, 0.6) is 0 Å². The van der Waals surface area contributed by atoms with Crippen LogP contribution in [0.25, 0.3) is 0 Å². The molecule has 0 rings (SSSR count). The molecule has 3 heteroatoms. The SMILES string of the molecule is C=CCOCCOCC(O)CC.